The van der Waals surface area contributed by atoms with Crippen LogP contribution in [0.1, 0.15) is 0 Å². The van der Waals surface area contributed by atoms with Gasteiger partial charge in [0.05, 0.1) is 0 Å². The first kappa shape index (κ1) is 36.1. The summed E-state index contributed by atoms with van der Waals surface area (Å²) in [6.45, 7) is 0. The zero-order valence-corrected chi connectivity index (χ0v) is 19.5. The second-order valence-corrected chi connectivity index (χ2v) is 13.4. The molecule has 1 aliphatic rings. The summed E-state index contributed by atoms with van der Waals surface area (Å²) in [6.07, 6.45) is -13.2. The number of aliphatic hydroxyl groups excluding tert-OH is 5. The van der Waals surface area contributed by atoms with Crippen LogP contribution in [0.2, 0.25) is 0 Å². The van der Waals surface area contributed by atoms with Gasteiger partial charge in [0.1, 0.15) is 30.5 Å². The van der Waals surface area contributed by atoms with Crippen molar-refractivity contribution in [2.75, 3.05) is 0 Å². The van der Waals surface area contributed by atoms with Gasteiger partial charge < -0.3 is 60.0 Å². The van der Waals surface area contributed by atoms with Crippen molar-refractivity contribution < 1.29 is 105 Å². The molecular formula is C6H18KO22P5. The van der Waals surface area contributed by atoms with Crippen LogP contribution >= 0.6 is 39.1 Å². The number of phosphoric acid groups is 5. The monoisotopic (exact) mass is 636 g/mol. The Kier molecular flexibility index (Phi) is 12.8. The van der Waals surface area contributed by atoms with E-state index >= 15 is 0 Å². The Balaban J connectivity index is 0.0000109. The van der Waals surface area contributed by atoms with E-state index < -0.39 is 75.4 Å². The van der Waals surface area contributed by atoms with Crippen LogP contribution in [0.5, 0.6) is 0 Å². The predicted molar refractivity (Wildman–Crippen MR) is 98.9 cm³/mol. The average Bonchev–Trinajstić information content (AvgIpc) is 2.50. The van der Waals surface area contributed by atoms with Gasteiger partial charge in [-0.3, -0.25) is 0 Å². The van der Waals surface area contributed by atoms with Crippen LogP contribution in [0.4, 0.5) is 0 Å². The molecule has 1 fully saturated rings. The van der Waals surface area contributed by atoms with Gasteiger partial charge in [-0.1, -0.05) is 0 Å². The molecule has 1 aliphatic carbocycles. The molecule has 0 spiro atoms. The van der Waals surface area contributed by atoms with Crippen molar-refractivity contribution in [1.29, 1.82) is 0 Å². The molecule has 0 amide bonds. The number of aliphatic hydroxyl groups is 6. The zero-order valence-electron chi connectivity index (χ0n) is 15.1. The third-order valence-electron chi connectivity index (χ3n) is 3.28. The number of hydrogen-bond donors (Lipinski definition) is 12. The standard InChI is InChI=1S/C6H17O22P5.K.H/c7-1-2(8)4(10)6(12,5(11)3(1)9)24-30(16,17)26-32(20,21)28-33(22,23)27-31(18,19)25-29(13,14)15;;/h1-5,7-12H,(H,16,17)(H,18,19)(H,20,21)(H,22,23)(H2,13,14,15);;/t1-,2-,3+,4-,5-,6-;;/m1../s1. The van der Waals surface area contributed by atoms with Crippen molar-refractivity contribution >= 4 is 90.5 Å². The first-order valence-electron chi connectivity index (χ1n) is 7.39. The molecule has 0 aliphatic heterocycles. The van der Waals surface area contributed by atoms with E-state index in [1.54, 1.807) is 0 Å². The van der Waals surface area contributed by atoms with Crippen LogP contribution in [0, 0.1) is 0 Å². The molecule has 1 rings (SSSR count). The molecule has 34 heavy (non-hydrogen) atoms. The molecule has 0 radical (unpaired) electrons. The maximum absolute atomic E-state index is 11.9. The Labute approximate surface area is 229 Å². The minimum absolute atomic E-state index is 0. The Morgan fingerprint density at radius 1 is 0.529 bits per heavy atom. The van der Waals surface area contributed by atoms with E-state index in [1.807, 2.05) is 0 Å². The van der Waals surface area contributed by atoms with Crippen LogP contribution in [0.25, 0.3) is 0 Å². The Morgan fingerprint density at radius 2 is 0.824 bits per heavy atom. The van der Waals surface area contributed by atoms with Crippen LogP contribution in [0.3, 0.4) is 0 Å². The predicted octanol–water partition coefficient (Wildman–Crippen LogP) is -4.58. The van der Waals surface area contributed by atoms with E-state index in [9.17, 15) is 63.3 Å². The first-order chi connectivity index (χ1) is 14.3. The van der Waals surface area contributed by atoms with Crippen LogP contribution in [0.15, 0.2) is 0 Å². The van der Waals surface area contributed by atoms with Gasteiger partial charge in [-0.05, 0) is 0 Å². The molecule has 28 heteroatoms. The first-order valence-corrected chi connectivity index (χ1v) is 14.9. The summed E-state index contributed by atoms with van der Waals surface area (Å²) in [5.74, 6) is -3.90. The normalized spacial score (nSPS) is 37.4. The quantitative estimate of drug-likeness (QED) is 0.0609. The van der Waals surface area contributed by atoms with E-state index in [1.165, 1.54) is 0 Å². The summed E-state index contributed by atoms with van der Waals surface area (Å²) in [5.41, 5.74) is 0. The Morgan fingerprint density at radius 3 is 1.15 bits per heavy atom. The summed E-state index contributed by atoms with van der Waals surface area (Å²) in [4.78, 5) is 53.5. The molecule has 0 aromatic rings. The van der Waals surface area contributed by atoms with Gasteiger partial charge in [-0.25, -0.2) is 27.3 Å². The number of phosphoric ester groups is 1. The third kappa shape index (κ3) is 10.3. The zero-order chi connectivity index (χ0) is 26.4. The molecule has 22 nitrogen and oxygen atoms in total. The molecule has 0 aromatic carbocycles. The van der Waals surface area contributed by atoms with Gasteiger partial charge in [-0.15, -0.1) is 0 Å². The second kappa shape index (κ2) is 12.1. The van der Waals surface area contributed by atoms with E-state index in [4.69, 9.17) is 19.6 Å². The fourth-order valence-corrected chi connectivity index (χ4v) is 8.21. The average molecular weight is 636 g/mol. The second-order valence-electron chi connectivity index (χ2n) is 5.90. The van der Waals surface area contributed by atoms with E-state index in [2.05, 4.69) is 21.8 Å². The third-order valence-corrected chi connectivity index (χ3v) is 10.4. The molecule has 12 N–H and O–H groups in total. The topological polar surface area (TPSA) is 374 Å². The van der Waals surface area contributed by atoms with Gasteiger partial charge in [0.25, 0.3) is 0 Å². The summed E-state index contributed by atoms with van der Waals surface area (Å²) in [7, 11) is -31.2. The fourth-order valence-electron chi connectivity index (χ4n) is 2.12. The van der Waals surface area contributed by atoms with Gasteiger partial charge in [0.2, 0.25) is 5.79 Å². The summed E-state index contributed by atoms with van der Waals surface area (Å²) in [5, 5.41) is 57.7. The number of hydrogen-bond acceptors (Lipinski definition) is 16. The van der Waals surface area contributed by atoms with Crippen molar-refractivity contribution in [1.82, 2.24) is 0 Å². The van der Waals surface area contributed by atoms with Crippen molar-refractivity contribution in [3.8, 4) is 0 Å². The van der Waals surface area contributed by atoms with Gasteiger partial charge >= 0.3 is 90.5 Å². The van der Waals surface area contributed by atoms with Crippen molar-refractivity contribution in [2.24, 2.45) is 0 Å². The van der Waals surface area contributed by atoms with E-state index in [0.717, 1.165) is 0 Å². The van der Waals surface area contributed by atoms with Crippen LogP contribution in [-0.2, 0) is 44.6 Å². The summed E-state index contributed by atoms with van der Waals surface area (Å²) >= 11 is 0. The molecule has 0 saturated heterocycles. The van der Waals surface area contributed by atoms with Gasteiger partial charge in [-0.2, -0.15) is 17.2 Å². The molecule has 4 unspecified atom stereocenters. The maximum atomic E-state index is 11.9. The molecule has 0 bridgehead atoms. The minimum atomic E-state index is -6.46. The summed E-state index contributed by atoms with van der Waals surface area (Å²) < 4.78 is 73.6. The number of rotatable bonds is 10. The Hall–Kier alpha value is 2.11. The van der Waals surface area contributed by atoms with Crippen molar-refractivity contribution in [2.45, 2.75) is 36.3 Å². The molecule has 10 atom stereocenters. The van der Waals surface area contributed by atoms with E-state index in [-0.39, 0.29) is 51.4 Å². The molecule has 1 saturated carbocycles. The molecule has 0 aromatic heterocycles. The van der Waals surface area contributed by atoms with Crippen molar-refractivity contribution in [3.05, 3.63) is 0 Å². The summed E-state index contributed by atoms with van der Waals surface area (Å²) in [6, 6.07) is 0. The van der Waals surface area contributed by atoms with Crippen molar-refractivity contribution in [3.63, 3.8) is 0 Å². The molecular weight excluding hydrogens is 618 g/mol. The SMILES string of the molecule is O=P(O)(O)OP(=O)(O)OP(=O)(O)OP(=O)(O)OP(=O)(O)O[C@]1(O)[C@H](O)[C@H](O)[C@@H](O)[C@H](O)[C@H]1O.[KH]. The van der Waals surface area contributed by atoms with Crippen LogP contribution < -0.4 is 0 Å². The van der Waals surface area contributed by atoms with E-state index in [0.29, 0.717) is 0 Å². The molecule has 0 heterocycles. The fraction of sp³-hybridized carbons (Fsp3) is 1.00. The van der Waals surface area contributed by atoms with Gasteiger partial charge in [0, 0.05) is 0 Å². The van der Waals surface area contributed by atoms with Gasteiger partial charge in [0.15, 0.2) is 0 Å². The Bertz CT molecular complexity index is 943. The molecule has 200 valence electrons. The van der Waals surface area contributed by atoms with Crippen LogP contribution in [-0.4, -0.2) is 148 Å².